The first-order chi connectivity index (χ1) is 9.74. The Morgan fingerprint density at radius 3 is 3.10 bits per heavy atom. The molecule has 1 aliphatic rings. The van der Waals surface area contributed by atoms with Crippen molar-refractivity contribution in [3.63, 3.8) is 0 Å². The Kier molecular flexibility index (Phi) is 4.00. The smallest absolute Gasteiger partial charge is 0.0738 e. The molecule has 1 fully saturated rings. The molecule has 5 nitrogen and oxygen atoms in total. The van der Waals surface area contributed by atoms with Crippen LogP contribution in [0, 0.1) is 0 Å². The lowest BCUT2D eigenvalue weighted by atomic mass is 10.0. The van der Waals surface area contributed by atoms with Crippen LogP contribution in [0.15, 0.2) is 30.5 Å². The van der Waals surface area contributed by atoms with Gasteiger partial charge in [0.2, 0.25) is 0 Å². The third kappa shape index (κ3) is 2.85. The van der Waals surface area contributed by atoms with Crippen molar-refractivity contribution in [3.05, 3.63) is 46.7 Å². The highest BCUT2D eigenvalue weighted by molar-refractivity contribution is 6.30. The van der Waals surface area contributed by atoms with Crippen molar-refractivity contribution < 1.29 is 0 Å². The Labute approximate surface area is 123 Å². The maximum absolute atomic E-state index is 6.12. The molecule has 6 heteroatoms. The molecule has 0 aliphatic carbocycles. The van der Waals surface area contributed by atoms with E-state index in [1.807, 2.05) is 36.1 Å². The summed E-state index contributed by atoms with van der Waals surface area (Å²) in [7, 11) is 1.93. The van der Waals surface area contributed by atoms with Crippen molar-refractivity contribution in [2.75, 3.05) is 19.6 Å². The number of piperazine rings is 1. The second-order valence-corrected chi connectivity index (χ2v) is 5.53. The molecular weight excluding hydrogens is 274 g/mol. The fraction of sp³-hybridized carbons (Fsp3) is 0.429. The number of hydrogen-bond donors (Lipinski definition) is 1. The van der Waals surface area contributed by atoms with Crippen LogP contribution in [0.1, 0.15) is 17.3 Å². The van der Waals surface area contributed by atoms with Crippen LogP contribution in [-0.4, -0.2) is 39.5 Å². The third-order valence-electron chi connectivity index (χ3n) is 3.76. The fourth-order valence-electron chi connectivity index (χ4n) is 2.64. The molecule has 1 aromatic carbocycles. The first-order valence-corrected chi connectivity index (χ1v) is 7.15. The molecule has 3 rings (SSSR count). The maximum Gasteiger partial charge on any atom is 0.0738 e. The predicted molar refractivity (Wildman–Crippen MR) is 78.5 cm³/mol. The van der Waals surface area contributed by atoms with Gasteiger partial charge in [0.15, 0.2) is 0 Å². The Morgan fingerprint density at radius 1 is 1.45 bits per heavy atom. The number of halogens is 1. The standard InChI is InChI=1S/C14H18ClN5/c1-19-13(8-17-18-19)10-20-6-5-16-9-14(20)11-3-2-4-12(15)7-11/h2-4,7-8,14,16H,5-6,9-10H2,1H3. The first-order valence-electron chi connectivity index (χ1n) is 6.78. The van der Waals surface area contributed by atoms with E-state index < -0.39 is 0 Å². The number of hydrogen-bond acceptors (Lipinski definition) is 4. The predicted octanol–water partition coefficient (Wildman–Crippen LogP) is 1.62. The largest absolute Gasteiger partial charge is 0.314 e. The van der Waals surface area contributed by atoms with Gasteiger partial charge in [-0.05, 0) is 17.7 Å². The number of aryl methyl sites for hydroxylation is 1. The summed E-state index contributed by atoms with van der Waals surface area (Å²) in [4.78, 5) is 2.45. The van der Waals surface area contributed by atoms with Crippen LogP contribution >= 0.6 is 11.6 Å². The zero-order valence-corrected chi connectivity index (χ0v) is 12.2. The average molecular weight is 292 g/mol. The van der Waals surface area contributed by atoms with E-state index in [2.05, 4.69) is 26.6 Å². The number of aromatic nitrogens is 3. The van der Waals surface area contributed by atoms with Gasteiger partial charge in [-0.3, -0.25) is 9.58 Å². The van der Waals surface area contributed by atoms with Crippen LogP contribution in [0.5, 0.6) is 0 Å². The number of nitrogens with zero attached hydrogens (tertiary/aromatic N) is 4. The van der Waals surface area contributed by atoms with Crippen molar-refractivity contribution in [3.8, 4) is 0 Å². The van der Waals surface area contributed by atoms with E-state index in [1.165, 1.54) is 5.56 Å². The van der Waals surface area contributed by atoms with Gasteiger partial charge in [0.1, 0.15) is 0 Å². The summed E-state index contributed by atoms with van der Waals surface area (Å²) in [5.74, 6) is 0. The second kappa shape index (κ2) is 5.91. The normalized spacial score (nSPS) is 20.2. The van der Waals surface area contributed by atoms with E-state index in [9.17, 15) is 0 Å². The molecule has 1 aliphatic heterocycles. The van der Waals surface area contributed by atoms with Crippen LogP contribution in [0.25, 0.3) is 0 Å². The Balaban J connectivity index is 1.82. The Bertz CT molecular complexity index is 582. The molecule has 1 aromatic heterocycles. The SMILES string of the molecule is Cn1nncc1CN1CCNCC1c1cccc(Cl)c1. The molecule has 1 N–H and O–H groups in total. The lowest BCUT2D eigenvalue weighted by Gasteiger charge is -2.36. The van der Waals surface area contributed by atoms with Crippen molar-refractivity contribution >= 4 is 11.6 Å². The van der Waals surface area contributed by atoms with Crippen molar-refractivity contribution in [2.45, 2.75) is 12.6 Å². The molecule has 0 amide bonds. The highest BCUT2D eigenvalue weighted by atomic mass is 35.5. The maximum atomic E-state index is 6.12. The summed E-state index contributed by atoms with van der Waals surface area (Å²) in [6, 6.07) is 8.44. The van der Waals surface area contributed by atoms with Gasteiger partial charge < -0.3 is 5.32 Å². The van der Waals surface area contributed by atoms with Gasteiger partial charge in [-0.15, -0.1) is 5.10 Å². The minimum absolute atomic E-state index is 0.331. The molecule has 0 saturated carbocycles. The van der Waals surface area contributed by atoms with Crippen LogP contribution in [0.2, 0.25) is 5.02 Å². The number of rotatable bonds is 3. The second-order valence-electron chi connectivity index (χ2n) is 5.09. The molecule has 2 heterocycles. The number of benzene rings is 1. The van der Waals surface area contributed by atoms with Crippen molar-refractivity contribution in [1.82, 2.24) is 25.2 Å². The van der Waals surface area contributed by atoms with Gasteiger partial charge in [-0.1, -0.05) is 28.9 Å². The third-order valence-corrected chi connectivity index (χ3v) is 4.00. The van der Waals surface area contributed by atoms with E-state index in [1.54, 1.807) is 0 Å². The van der Waals surface area contributed by atoms with Gasteiger partial charge in [0, 0.05) is 44.3 Å². The summed E-state index contributed by atoms with van der Waals surface area (Å²) >= 11 is 6.12. The summed E-state index contributed by atoms with van der Waals surface area (Å²) in [5, 5.41) is 12.2. The minimum atomic E-state index is 0.331. The molecule has 1 atom stereocenters. The molecule has 0 bridgehead atoms. The zero-order valence-electron chi connectivity index (χ0n) is 11.5. The Hall–Kier alpha value is -1.43. The van der Waals surface area contributed by atoms with E-state index in [0.29, 0.717) is 6.04 Å². The summed E-state index contributed by atoms with van der Waals surface area (Å²) in [6.45, 7) is 3.79. The average Bonchev–Trinajstić information content (AvgIpc) is 2.85. The summed E-state index contributed by atoms with van der Waals surface area (Å²) in [6.07, 6.45) is 1.83. The zero-order chi connectivity index (χ0) is 13.9. The van der Waals surface area contributed by atoms with E-state index in [-0.39, 0.29) is 0 Å². The first kappa shape index (κ1) is 13.5. The topological polar surface area (TPSA) is 46.0 Å². The van der Waals surface area contributed by atoms with Gasteiger partial charge >= 0.3 is 0 Å². The van der Waals surface area contributed by atoms with E-state index in [4.69, 9.17) is 11.6 Å². The molecule has 106 valence electrons. The quantitative estimate of drug-likeness (QED) is 0.933. The molecule has 1 saturated heterocycles. The molecule has 2 aromatic rings. The van der Waals surface area contributed by atoms with Crippen molar-refractivity contribution in [2.24, 2.45) is 7.05 Å². The molecule has 0 radical (unpaired) electrons. The monoisotopic (exact) mass is 291 g/mol. The van der Waals surface area contributed by atoms with Gasteiger partial charge in [-0.2, -0.15) is 0 Å². The van der Waals surface area contributed by atoms with Crippen LogP contribution in [0.3, 0.4) is 0 Å². The lowest BCUT2D eigenvalue weighted by Crippen LogP contribution is -2.45. The highest BCUT2D eigenvalue weighted by Gasteiger charge is 2.24. The fourth-order valence-corrected chi connectivity index (χ4v) is 2.84. The van der Waals surface area contributed by atoms with Crippen LogP contribution < -0.4 is 5.32 Å². The number of nitrogens with one attached hydrogen (secondary N) is 1. The summed E-state index contributed by atoms with van der Waals surface area (Å²) < 4.78 is 1.83. The molecule has 20 heavy (non-hydrogen) atoms. The molecule has 1 unspecified atom stereocenters. The van der Waals surface area contributed by atoms with Crippen LogP contribution in [0.4, 0.5) is 0 Å². The van der Waals surface area contributed by atoms with Gasteiger partial charge in [0.05, 0.1) is 11.9 Å². The van der Waals surface area contributed by atoms with E-state index in [0.717, 1.165) is 36.9 Å². The highest BCUT2D eigenvalue weighted by Crippen LogP contribution is 2.25. The van der Waals surface area contributed by atoms with Gasteiger partial charge in [0.25, 0.3) is 0 Å². The van der Waals surface area contributed by atoms with E-state index >= 15 is 0 Å². The molecular formula is C14H18ClN5. The Morgan fingerprint density at radius 2 is 2.35 bits per heavy atom. The summed E-state index contributed by atoms with van der Waals surface area (Å²) in [5.41, 5.74) is 2.37. The van der Waals surface area contributed by atoms with Crippen LogP contribution in [-0.2, 0) is 13.6 Å². The minimum Gasteiger partial charge on any atom is -0.314 e. The van der Waals surface area contributed by atoms with Crippen molar-refractivity contribution in [1.29, 1.82) is 0 Å². The molecule has 0 spiro atoms. The van der Waals surface area contributed by atoms with Gasteiger partial charge in [-0.25, -0.2) is 0 Å². The lowest BCUT2D eigenvalue weighted by molar-refractivity contribution is 0.150.